The lowest BCUT2D eigenvalue weighted by Gasteiger charge is -2.23. The van der Waals surface area contributed by atoms with Gasteiger partial charge in [0.2, 0.25) is 5.91 Å². The molecule has 0 aliphatic carbocycles. The Morgan fingerprint density at radius 1 is 1.57 bits per heavy atom. The molecule has 2 heterocycles. The van der Waals surface area contributed by atoms with Gasteiger partial charge in [0.1, 0.15) is 5.82 Å². The molecule has 1 saturated heterocycles. The Hall–Kier alpha value is -1.32. The number of carbonyl (C=O) groups excluding carboxylic acids is 1. The van der Waals surface area contributed by atoms with Gasteiger partial charge in [0, 0.05) is 32.4 Å². The number of nitrogens with zero attached hydrogens (tertiary/aromatic N) is 3. The molecule has 1 aromatic rings. The zero-order valence-corrected chi connectivity index (χ0v) is 8.60. The molecule has 0 saturated carbocycles. The van der Waals surface area contributed by atoms with Gasteiger partial charge in [-0.3, -0.25) is 4.79 Å². The van der Waals surface area contributed by atoms with E-state index in [-0.39, 0.29) is 11.9 Å². The first kappa shape index (κ1) is 9.24. The van der Waals surface area contributed by atoms with Crippen molar-refractivity contribution < 1.29 is 4.79 Å². The van der Waals surface area contributed by atoms with Crippen LogP contribution in [0.1, 0.15) is 31.6 Å². The van der Waals surface area contributed by atoms with E-state index in [0.29, 0.717) is 6.42 Å². The molecule has 1 amide bonds. The molecule has 0 bridgehead atoms. The van der Waals surface area contributed by atoms with Crippen LogP contribution in [-0.2, 0) is 11.8 Å². The average molecular weight is 193 g/mol. The fraction of sp³-hybridized carbons (Fsp3) is 0.600. The van der Waals surface area contributed by atoms with Crippen LogP contribution < -0.4 is 0 Å². The summed E-state index contributed by atoms with van der Waals surface area (Å²) in [4.78, 5) is 17.7. The molecular formula is C10H15N3O. The Labute approximate surface area is 83.5 Å². The highest BCUT2D eigenvalue weighted by molar-refractivity contribution is 5.78. The molecule has 1 aliphatic heterocycles. The van der Waals surface area contributed by atoms with E-state index in [9.17, 15) is 4.79 Å². The van der Waals surface area contributed by atoms with Crippen LogP contribution in [0.2, 0.25) is 0 Å². The molecule has 1 fully saturated rings. The summed E-state index contributed by atoms with van der Waals surface area (Å²) >= 11 is 0. The normalized spacial score (nSPS) is 19.0. The number of amides is 1. The van der Waals surface area contributed by atoms with Gasteiger partial charge in [-0.1, -0.05) is 0 Å². The molecule has 1 aromatic heterocycles. The summed E-state index contributed by atoms with van der Waals surface area (Å²) in [5.74, 6) is 1.21. The number of carbonyl (C=O) groups is 1. The Bertz CT molecular complexity index is 345. The van der Waals surface area contributed by atoms with Crippen LogP contribution >= 0.6 is 0 Å². The van der Waals surface area contributed by atoms with Crippen molar-refractivity contribution in [2.75, 3.05) is 6.54 Å². The van der Waals surface area contributed by atoms with Gasteiger partial charge in [0.05, 0.1) is 6.04 Å². The van der Waals surface area contributed by atoms with E-state index in [0.717, 1.165) is 18.8 Å². The van der Waals surface area contributed by atoms with E-state index in [1.165, 1.54) is 0 Å². The van der Waals surface area contributed by atoms with Gasteiger partial charge in [-0.15, -0.1) is 0 Å². The first-order valence-electron chi connectivity index (χ1n) is 4.97. The summed E-state index contributed by atoms with van der Waals surface area (Å²) in [6.45, 7) is 2.90. The molecule has 1 atom stereocenters. The van der Waals surface area contributed by atoms with Crippen LogP contribution in [0.4, 0.5) is 0 Å². The van der Waals surface area contributed by atoms with Crippen molar-refractivity contribution in [2.24, 2.45) is 7.05 Å². The number of aryl methyl sites for hydroxylation is 1. The van der Waals surface area contributed by atoms with Crippen molar-refractivity contribution >= 4 is 5.91 Å². The van der Waals surface area contributed by atoms with Crippen LogP contribution in [-0.4, -0.2) is 26.9 Å². The highest BCUT2D eigenvalue weighted by Gasteiger charge is 2.27. The lowest BCUT2D eigenvalue weighted by Crippen LogP contribution is -2.29. The van der Waals surface area contributed by atoms with Crippen LogP contribution in [0.5, 0.6) is 0 Å². The summed E-state index contributed by atoms with van der Waals surface area (Å²) in [7, 11) is 1.96. The van der Waals surface area contributed by atoms with Gasteiger partial charge in [-0.2, -0.15) is 0 Å². The van der Waals surface area contributed by atoms with Gasteiger partial charge in [0.25, 0.3) is 0 Å². The minimum atomic E-state index is 0.102. The van der Waals surface area contributed by atoms with Gasteiger partial charge < -0.3 is 9.47 Å². The van der Waals surface area contributed by atoms with Crippen LogP contribution in [0.3, 0.4) is 0 Å². The summed E-state index contributed by atoms with van der Waals surface area (Å²) in [6, 6.07) is 0.102. The molecule has 0 unspecified atom stereocenters. The number of rotatable bonds is 2. The molecule has 4 heteroatoms. The van der Waals surface area contributed by atoms with E-state index in [1.54, 1.807) is 6.20 Å². The highest BCUT2D eigenvalue weighted by Crippen LogP contribution is 2.23. The van der Waals surface area contributed by atoms with Crippen LogP contribution in [0, 0.1) is 0 Å². The minimum absolute atomic E-state index is 0.102. The van der Waals surface area contributed by atoms with E-state index >= 15 is 0 Å². The number of likely N-dealkylation sites (tertiary alicyclic amines) is 1. The molecule has 1 aliphatic rings. The van der Waals surface area contributed by atoms with E-state index in [2.05, 4.69) is 4.98 Å². The van der Waals surface area contributed by atoms with Crippen molar-refractivity contribution in [3.63, 3.8) is 0 Å². The predicted octanol–water partition coefficient (Wildman–Crippen LogP) is 1.10. The highest BCUT2D eigenvalue weighted by atomic mass is 16.2. The van der Waals surface area contributed by atoms with Gasteiger partial charge in [0.15, 0.2) is 0 Å². The summed E-state index contributed by atoms with van der Waals surface area (Å²) in [6.07, 6.45) is 5.35. The predicted molar refractivity (Wildman–Crippen MR) is 52.6 cm³/mol. The third-order valence-corrected chi connectivity index (χ3v) is 2.81. The Kier molecular flexibility index (Phi) is 2.27. The average Bonchev–Trinajstić information content (AvgIpc) is 2.73. The zero-order chi connectivity index (χ0) is 10.1. The van der Waals surface area contributed by atoms with Crippen LogP contribution in [0.15, 0.2) is 12.4 Å². The number of hydrogen-bond donors (Lipinski definition) is 0. The van der Waals surface area contributed by atoms with Gasteiger partial charge in [-0.05, 0) is 13.3 Å². The standard InChI is InChI=1S/C10H15N3O/c1-8(10-11-5-7-12(10)2)13-6-3-4-9(13)14/h5,7-8H,3-4,6H2,1-2H3/t8-/m1/s1. The maximum atomic E-state index is 11.5. The van der Waals surface area contributed by atoms with Crippen molar-refractivity contribution in [1.29, 1.82) is 0 Å². The Balaban J connectivity index is 2.19. The third kappa shape index (κ3) is 1.41. The number of imidazole rings is 1. The van der Waals surface area contributed by atoms with E-state index in [4.69, 9.17) is 0 Å². The molecule has 14 heavy (non-hydrogen) atoms. The summed E-state index contributed by atoms with van der Waals surface area (Å²) in [5.41, 5.74) is 0. The zero-order valence-electron chi connectivity index (χ0n) is 8.60. The van der Waals surface area contributed by atoms with E-state index in [1.807, 2.05) is 29.6 Å². The summed E-state index contributed by atoms with van der Waals surface area (Å²) < 4.78 is 1.97. The summed E-state index contributed by atoms with van der Waals surface area (Å²) in [5, 5.41) is 0. The second kappa shape index (κ2) is 3.44. The second-order valence-corrected chi connectivity index (χ2v) is 3.76. The topological polar surface area (TPSA) is 38.1 Å². The fourth-order valence-corrected chi connectivity index (χ4v) is 2.00. The molecule has 0 spiro atoms. The van der Waals surface area contributed by atoms with Crippen LogP contribution in [0.25, 0.3) is 0 Å². The number of hydrogen-bond acceptors (Lipinski definition) is 2. The third-order valence-electron chi connectivity index (χ3n) is 2.81. The Morgan fingerprint density at radius 2 is 2.36 bits per heavy atom. The maximum absolute atomic E-state index is 11.5. The fourth-order valence-electron chi connectivity index (χ4n) is 2.00. The first-order chi connectivity index (χ1) is 6.70. The minimum Gasteiger partial charge on any atom is -0.336 e. The molecule has 76 valence electrons. The first-order valence-corrected chi connectivity index (χ1v) is 4.97. The van der Waals surface area contributed by atoms with Crippen molar-refractivity contribution in [3.8, 4) is 0 Å². The van der Waals surface area contributed by atoms with Crippen molar-refractivity contribution in [1.82, 2.24) is 14.5 Å². The van der Waals surface area contributed by atoms with Crippen molar-refractivity contribution in [2.45, 2.75) is 25.8 Å². The molecular weight excluding hydrogens is 178 g/mol. The molecule has 2 rings (SSSR count). The SMILES string of the molecule is C[C@H](c1nccn1C)N1CCCC1=O. The smallest absolute Gasteiger partial charge is 0.223 e. The lowest BCUT2D eigenvalue weighted by molar-refractivity contribution is -0.129. The maximum Gasteiger partial charge on any atom is 0.223 e. The van der Waals surface area contributed by atoms with Gasteiger partial charge >= 0.3 is 0 Å². The largest absolute Gasteiger partial charge is 0.336 e. The van der Waals surface area contributed by atoms with E-state index < -0.39 is 0 Å². The molecule has 0 N–H and O–H groups in total. The van der Waals surface area contributed by atoms with Crippen molar-refractivity contribution in [3.05, 3.63) is 18.2 Å². The number of aromatic nitrogens is 2. The molecule has 0 radical (unpaired) electrons. The lowest BCUT2D eigenvalue weighted by atomic mass is 10.3. The van der Waals surface area contributed by atoms with Gasteiger partial charge in [-0.25, -0.2) is 4.98 Å². The Morgan fingerprint density at radius 3 is 2.86 bits per heavy atom. The monoisotopic (exact) mass is 193 g/mol. The quantitative estimate of drug-likeness (QED) is 0.705. The second-order valence-electron chi connectivity index (χ2n) is 3.76. The molecule has 0 aromatic carbocycles. The molecule has 4 nitrogen and oxygen atoms in total.